The second-order valence-electron chi connectivity index (χ2n) is 2.82. The van der Waals surface area contributed by atoms with E-state index in [2.05, 4.69) is 9.82 Å². The minimum Gasteiger partial charge on any atom is -0.307 e. The smallest absolute Gasteiger partial charge is 0.285 e. The SMILES string of the molecule is NNC1=NS(=O)(=O)c2cc(Cl)c(Cl)cc21. The first-order valence-corrected chi connectivity index (χ1v) is 5.96. The highest BCUT2D eigenvalue weighted by Crippen LogP contribution is 2.32. The van der Waals surface area contributed by atoms with Crippen LogP contribution in [0.1, 0.15) is 5.56 Å². The number of nitrogens with zero attached hydrogens (tertiary/aromatic N) is 1. The molecule has 0 radical (unpaired) electrons. The highest BCUT2D eigenvalue weighted by molar-refractivity contribution is 7.90. The molecule has 0 saturated carbocycles. The molecular formula is C7H5Cl2N3O2S. The number of halogens is 2. The monoisotopic (exact) mass is 265 g/mol. The third-order valence-electron chi connectivity index (χ3n) is 1.90. The Morgan fingerprint density at radius 3 is 2.47 bits per heavy atom. The molecule has 0 aliphatic carbocycles. The number of benzene rings is 1. The molecule has 8 heteroatoms. The lowest BCUT2D eigenvalue weighted by atomic mass is 10.2. The Hall–Kier alpha value is -0.820. The molecule has 2 rings (SSSR count). The van der Waals surface area contributed by atoms with Gasteiger partial charge >= 0.3 is 0 Å². The van der Waals surface area contributed by atoms with Crippen LogP contribution in [0.5, 0.6) is 0 Å². The standard InChI is InChI=1S/C7H5Cl2N3O2S/c8-4-1-3-6(2-5(4)9)15(13,14)12-7(3)11-10/h1-2H,10H2,(H,11,12). The number of nitrogens with two attached hydrogens (primary N) is 1. The molecule has 0 atom stereocenters. The van der Waals surface area contributed by atoms with Gasteiger partial charge in [0, 0.05) is 5.56 Å². The largest absolute Gasteiger partial charge is 0.307 e. The van der Waals surface area contributed by atoms with E-state index in [0.717, 1.165) is 0 Å². The number of hydrazine groups is 1. The van der Waals surface area contributed by atoms with Gasteiger partial charge in [0.15, 0.2) is 5.84 Å². The number of hydrogen-bond acceptors (Lipinski definition) is 4. The van der Waals surface area contributed by atoms with Crippen LogP contribution in [0.25, 0.3) is 0 Å². The van der Waals surface area contributed by atoms with Gasteiger partial charge in [-0.1, -0.05) is 23.2 Å². The van der Waals surface area contributed by atoms with Crippen molar-refractivity contribution in [2.75, 3.05) is 0 Å². The van der Waals surface area contributed by atoms with Gasteiger partial charge in [0.1, 0.15) is 4.90 Å². The van der Waals surface area contributed by atoms with Crippen molar-refractivity contribution >= 4 is 39.1 Å². The molecule has 1 aliphatic heterocycles. The first-order chi connectivity index (χ1) is 6.95. The van der Waals surface area contributed by atoms with Crippen molar-refractivity contribution in [1.29, 1.82) is 0 Å². The first-order valence-electron chi connectivity index (χ1n) is 3.76. The summed E-state index contributed by atoms with van der Waals surface area (Å²) in [7, 11) is -3.70. The number of rotatable bonds is 0. The van der Waals surface area contributed by atoms with Crippen molar-refractivity contribution in [2.24, 2.45) is 10.2 Å². The van der Waals surface area contributed by atoms with Crippen LogP contribution in [0, 0.1) is 0 Å². The third-order valence-corrected chi connectivity index (χ3v) is 3.94. The maximum Gasteiger partial charge on any atom is 0.285 e. The zero-order chi connectivity index (χ0) is 11.2. The van der Waals surface area contributed by atoms with Crippen molar-refractivity contribution in [3.8, 4) is 0 Å². The van der Waals surface area contributed by atoms with Crippen LogP contribution in [0.3, 0.4) is 0 Å². The van der Waals surface area contributed by atoms with Crippen LogP contribution in [0.15, 0.2) is 21.4 Å². The van der Waals surface area contributed by atoms with Crippen LogP contribution >= 0.6 is 23.2 Å². The predicted molar refractivity (Wildman–Crippen MR) is 57.5 cm³/mol. The first kappa shape index (κ1) is 10.7. The van der Waals surface area contributed by atoms with Gasteiger partial charge in [-0.2, -0.15) is 8.42 Å². The summed E-state index contributed by atoms with van der Waals surface area (Å²) in [6.45, 7) is 0. The normalized spacial score (nSPS) is 17.1. The van der Waals surface area contributed by atoms with Gasteiger partial charge in [0.05, 0.1) is 10.0 Å². The number of hydrogen-bond donors (Lipinski definition) is 2. The number of fused-ring (bicyclic) bond motifs is 1. The lowest BCUT2D eigenvalue weighted by Gasteiger charge is -2.02. The third kappa shape index (κ3) is 1.59. The minimum atomic E-state index is -3.70. The van der Waals surface area contributed by atoms with Crippen LogP contribution in [-0.4, -0.2) is 14.3 Å². The van der Waals surface area contributed by atoms with E-state index < -0.39 is 10.0 Å². The summed E-state index contributed by atoms with van der Waals surface area (Å²) in [5.74, 6) is 5.20. The molecule has 1 aromatic carbocycles. The summed E-state index contributed by atoms with van der Waals surface area (Å²) in [6.07, 6.45) is 0. The highest BCUT2D eigenvalue weighted by atomic mass is 35.5. The molecule has 1 aliphatic rings. The number of amidine groups is 1. The number of nitrogens with one attached hydrogen (secondary N) is 1. The zero-order valence-electron chi connectivity index (χ0n) is 7.16. The Morgan fingerprint density at radius 2 is 1.87 bits per heavy atom. The van der Waals surface area contributed by atoms with Gasteiger partial charge < -0.3 is 5.43 Å². The van der Waals surface area contributed by atoms with Gasteiger partial charge in [-0.3, -0.25) is 0 Å². The molecule has 0 saturated heterocycles. The Balaban J connectivity index is 2.79. The predicted octanol–water partition coefficient (Wildman–Crippen LogP) is 0.906. The molecule has 0 bridgehead atoms. The van der Waals surface area contributed by atoms with Crippen molar-refractivity contribution in [3.05, 3.63) is 27.7 Å². The Morgan fingerprint density at radius 1 is 1.27 bits per heavy atom. The summed E-state index contributed by atoms with van der Waals surface area (Å²) >= 11 is 11.5. The van der Waals surface area contributed by atoms with E-state index in [4.69, 9.17) is 29.0 Å². The van der Waals surface area contributed by atoms with E-state index in [1.807, 2.05) is 0 Å². The second kappa shape index (κ2) is 3.34. The minimum absolute atomic E-state index is 0.00449. The molecule has 0 amide bonds. The van der Waals surface area contributed by atoms with Crippen molar-refractivity contribution in [3.63, 3.8) is 0 Å². The molecule has 15 heavy (non-hydrogen) atoms. The van der Waals surface area contributed by atoms with E-state index in [0.29, 0.717) is 5.56 Å². The molecule has 1 aromatic rings. The van der Waals surface area contributed by atoms with Crippen molar-refractivity contribution in [1.82, 2.24) is 5.43 Å². The second-order valence-corrected chi connectivity index (χ2v) is 5.21. The van der Waals surface area contributed by atoms with E-state index >= 15 is 0 Å². The Bertz CT molecular complexity index is 568. The molecule has 0 aromatic heterocycles. The topological polar surface area (TPSA) is 84.5 Å². The maximum absolute atomic E-state index is 11.5. The molecule has 80 valence electrons. The van der Waals surface area contributed by atoms with E-state index in [1.165, 1.54) is 12.1 Å². The summed E-state index contributed by atoms with van der Waals surface area (Å²) in [6, 6.07) is 2.66. The molecular weight excluding hydrogens is 261 g/mol. The van der Waals surface area contributed by atoms with Gasteiger partial charge in [-0.15, -0.1) is 4.40 Å². The van der Waals surface area contributed by atoms with E-state index in [-0.39, 0.29) is 20.8 Å². The highest BCUT2D eigenvalue weighted by Gasteiger charge is 2.29. The van der Waals surface area contributed by atoms with E-state index in [9.17, 15) is 8.42 Å². The van der Waals surface area contributed by atoms with Gasteiger partial charge in [0.2, 0.25) is 0 Å². The average Bonchev–Trinajstić information content (AvgIpc) is 2.40. The maximum atomic E-state index is 11.5. The quantitative estimate of drug-likeness (QED) is 0.540. The lowest BCUT2D eigenvalue weighted by molar-refractivity contribution is 0.599. The van der Waals surface area contributed by atoms with E-state index in [1.54, 1.807) is 0 Å². The molecule has 0 unspecified atom stereocenters. The number of sulfonamides is 1. The van der Waals surface area contributed by atoms with Crippen LogP contribution in [0.2, 0.25) is 10.0 Å². The van der Waals surface area contributed by atoms with Crippen molar-refractivity contribution in [2.45, 2.75) is 4.90 Å². The average molecular weight is 266 g/mol. The summed E-state index contributed by atoms with van der Waals surface area (Å²) in [4.78, 5) is 0.00449. The fourth-order valence-corrected chi connectivity index (χ4v) is 2.83. The van der Waals surface area contributed by atoms with Gasteiger partial charge in [0.25, 0.3) is 10.0 Å². The summed E-state index contributed by atoms with van der Waals surface area (Å²) in [5.41, 5.74) is 2.52. The Kier molecular flexibility index (Phi) is 2.38. The lowest BCUT2D eigenvalue weighted by Crippen LogP contribution is -2.29. The molecule has 3 N–H and O–H groups in total. The van der Waals surface area contributed by atoms with Gasteiger partial charge in [-0.25, -0.2) is 5.84 Å². The van der Waals surface area contributed by atoms with Gasteiger partial charge in [-0.05, 0) is 12.1 Å². The molecule has 0 spiro atoms. The van der Waals surface area contributed by atoms with Crippen LogP contribution < -0.4 is 11.3 Å². The molecule has 0 fully saturated rings. The Labute approximate surface area is 95.9 Å². The molecule has 5 nitrogen and oxygen atoms in total. The fraction of sp³-hybridized carbons (Fsp3) is 0. The fourth-order valence-electron chi connectivity index (χ4n) is 1.25. The van der Waals surface area contributed by atoms with Crippen LogP contribution in [-0.2, 0) is 10.0 Å². The molecule has 1 heterocycles. The summed E-state index contributed by atoms with van der Waals surface area (Å²) < 4.78 is 26.4. The van der Waals surface area contributed by atoms with Crippen molar-refractivity contribution < 1.29 is 8.42 Å². The van der Waals surface area contributed by atoms with Crippen LogP contribution in [0.4, 0.5) is 0 Å². The summed E-state index contributed by atoms with van der Waals surface area (Å²) in [5, 5.41) is 0.405. The zero-order valence-corrected chi connectivity index (χ0v) is 9.49.